The van der Waals surface area contributed by atoms with E-state index >= 15 is 0 Å². The quantitative estimate of drug-likeness (QED) is 0.779. The van der Waals surface area contributed by atoms with Gasteiger partial charge in [0.25, 0.3) is 0 Å². The summed E-state index contributed by atoms with van der Waals surface area (Å²) in [7, 11) is 0. The Hall–Kier alpha value is -2.35. The molecule has 0 saturated carbocycles. The van der Waals surface area contributed by atoms with Crippen molar-refractivity contribution in [2.75, 3.05) is 13.1 Å². The van der Waals surface area contributed by atoms with Crippen LogP contribution in [0.3, 0.4) is 0 Å². The van der Waals surface area contributed by atoms with Crippen molar-refractivity contribution in [1.29, 1.82) is 0 Å². The molecule has 2 heterocycles. The molecule has 0 atom stereocenters. The monoisotopic (exact) mass is 244 g/mol. The van der Waals surface area contributed by atoms with Gasteiger partial charge in [0.15, 0.2) is 0 Å². The molecule has 2 rings (SSSR count). The van der Waals surface area contributed by atoms with Crippen molar-refractivity contribution < 1.29 is 14.7 Å². The number of carboxylic acids is 1. The minimum absolute atomic E-state index is 0.122. The summed E-state index contributed by atoms with van der Waals surface area (Å²) in [5.74, 6) is 4.73. The summed E-state index contributed by atoms with van der Waals surface area (Å²) in [5, 5.41) is 8.81. The lowest BCUT2D eigenvalue weighted by Gasteiger charge is -2.09. The van der Waals surface area contributed by atoms with Crippen molar-refractivity contribution in [3.63, 3.8) is 0 Å². The standard InChI is InChI=1S/C13H12N2O3/c16-12-4-2-8-15(12)7-1-3-11-9-10(13(17)18)5-6-14-11/h5-6,9H,2,4,7-8H2,(H,17,18). The van der Waals surface area contributed by atoms with Crippen LogP contribution in [0.2, 0.25) is 0 Å². The molecular weight excluding hydrogens is 232 g/mol. The highest BCUT2D eigenvalue weighted by atomic mass is 16.4. The van der Waals surface area contributed by atoms with Gasteiger partial charge in [0.05, 0.1) is 12.1 Å². The highest BCUT2D eigenvalue weighted by Gasteiger charge is 2.18. The number of rotatable bonds is 2. The minimum Gasteiger partial charge on any atom is -0.478 e. The van der Waals surface area contributed by atoms with Gasteiger partial charge in [0.2, 0.25) is 5.91 Å². The van der Waals surface area contributed by atoms with Gasteiger partial charge < -0.3 is 10.0 Å². The highest BCUT2D eigenvalue weighted by Crippen LogP contribution is 2.08. The van der Waals surface area contributed by atoms with Crippen LogP contribution in [-0.2, 0) is 4.79 Å². The molecule has 18 heavy (non-hydrogen) atoms. The smallest absolute Gasteiger partial charge is 0.335 e. The number of aromatic carboxylic acids is 1. The van der Waals surface area contributed by atoms with Gasteiger partial charge in [-0.15, -0.1) is 0 Å². The number of amides is 1. The fraction of sp³-hybridized carbons (Fsp3) is 0.308. The molecule has 0 aliphatic carbocycles. The molecule has 1 N–H and O–H groups in total. The lowest BCUT2D eigenvalue weighted by molar-refractivity contribution is -0.127. The lowest BCUT2D eigenvalue weighted by atomic mass is 10.2. The maximum absolute atomic E-state index is 11.3. The second-order valence-corrected chi connectivity index (χ2v) is 3.96. The van der Waals surface area contributed by atoms with Gasteiger partial charge in [-0.3, -0.25) is 4.79 Å². The Bertz CT molecular complexity index is 543. The van der Waals surface area contributed by atoms with Crippen LogP contribution >= 0.6 is 0 Å². The average Bonchev–Trinajstić information content (AvgIpc) is 2.76. The van der Waals surface area contributed by atoms with Gasteiger partial charge in [-0.2, -0.15) is 0 Å². The summed E-state index contributed by atoms with van der Waals surface area (Å²) in [4.78, 5) is 27.7. The van der Waals surface area contributed by atoms with E-state index < -0.39 is 5.97 Å². The third-order valence-corrected chi connectivity index (χ3v) is 2.66. The molecule has 0 spiro atoms. The first kappa shape index (κ1) is 12.1. The SMILES string of the molecule is O=C(O)c1ccnc(C#CCN2CCCC2=O)c1. The van der Waals surface area contributed by atoms with E-state index in [1.807, 2.05) is 0 Å². The topological polar surface area (TPSA) is 70.5 Å². The van der Waals surface area contributed by atoms with E-state index in [2.05, 4.69) is 16.8 Å². The number of hydrogen-bond acceptors (Lipinski definition) is 3. The minimum atomic E-state index is -1.00. The highest BCUT2D eigenvalue weighted by molar-refractivity contribution is 5.87. The zero-order valence-electron chi connectivity index (χ0n) is 9.72. The van der Waals surface area contributed by atoms with Crippen molar-refractivity contribution in [2.45, 2.75) is 12.8 Å². The fourth-order valence-electron chi connectivity index (χ4n) is 1.73. The van der Waals surface area contributed by atoms with Crippen LogP contribution in [0.5, 0.6) is 0 Å². The van der Waals surface area contributed by atoms with E-state index in [1.54, 1.807) is 4.90 Å². The molecule has 0 aromatic carbocycles. The van der Waals surface area contributed by atoms with Crippen LogP contribution < -0.4 is 0 Å². The van der Waals surface area contributed by atoms with Gasteiger partial charge in [0.1, 0.15) is 5.69 Å². The van der Waals surface area contributed by atoms with E-state index in [-0.39, 0.29) is 11.5 Å². The number of carboxylic acid groups (broad SMARTS) is 1. The van der Waals surface area contributed by atoms with Crippen molar-refractivity contribution in [1.82, 2.24) is 9.88 Å². The third kappa shape index (κ3) is 2.86. The molecule has 1 fully saturated rings. The second-order valence-electron chi connectivity index (χ2n) is 3.96. The molecule has 0 bridgehead atoms. The Morgan fingerprint density at radius 1 is 1.56 bits per heavy atom. The summed E-state index contributed by atoms with van der Waals surface area (Å²) >= 11 is 0. The zero-order valence-corrected chi connectivity index (χ0v) is 9.72. The number of likely N-dealkylation sites (tertiary alicyclic amines) is 1. The maximum Gasteiger partial charge on any atom is 0.335 e. The Kier molecular flexibility index (Phi) is 3.58. The number of hydrogen-bond donors (Lipinski definition) is 1. The van der Waals surface area contributed by atoms with Gasteiger partial charge in [-0.05, 0) is 24.5 Å². The van der Waals surface area contributed by atoms with E-state index in [0.29, 0.717) is 18.7 Å². The summed E-state index contributed by atoms with van der Waals surface area (Å²) in [5.41, 5.74) is 0.563. The van der Waals surface area contributed by atoms with E-state index in [1.165, 1.54) is 18.3 Å². The Labute approximate surface area is 104 Å². The van der Waals surface area contributed by atoms with E-state index in [4.69, 9.17) is 5.11 Å². The van der Waals surface area contributed by atoms with Crippen LogP contribution in [0.1, 0.15) is 28.9 Å². The van der Waals surface area contributed by atoms with Crippen LogP contribution in [0, 0.1) is 11.8 Å². The summed E-state index contributed by atoms with van der Waals surface area (Å²) < 4.78 is 0. The largest absolute Gasteiger partial charge is 0.478 e. The molecule has 5 nitrogen and oxygen atoms in total. The number of carbonyl (C=O) groups is 2. The number of nitrogens with zero attached hydrogens (tertiary/aromatic N) is 2. The number of pyridine rings is 1. The van der Waals surface area contributed by atoms with Crippen LogP contribution in [-0.4, -0.2) is 40.0 Å². The Morgan fingerprint density at radius 3 is 3.06 bits per heavy atom. The molecule has 1 aromatic heterocycles. The summed E-state index contributed by atoms with van der Waals surface area (Å²) in [6.45, 7) is 1.12. The second kappa shape index (κ2) is 5.32. The van der Waals surface area contributed by atoms with Gasteiger partial charge in [-0.25, -0.2) is 9.78 Å². The van der Waals surface area contributed by atoms with Crippen molar-refractivity contribution >= 4 is 11.9 Å². The van der Waals surface area contributed by atoms with Crippen molar-refractivity contribution in [2.24, 2.45) is 0 Å². The first-order valence-electron chi connectivity index (χ1n) is 5.63. The summed E-state index contributed by atoms with van der Waals surface area (Å²) in [6.07, 6.45) is 2.89. The molecule has 92 valence electrons. The molecule has 1 aliphatic heterocycles. The Balaban J connectivity index is 2.03. The predicted octanol–water partition coefficient (Wildman–Crippen LogP) is 0.754. The molecule has 1 aromatic rings. The fourth-order valence-corrected chi connectivity index (χ4v) is 1.73. The Morgan fingerprint density at radius 2 is 2.39 bits per heavy atom. The maximum atomic E-state index is 11.3. The number of carbonyl (C=O) groups excluding carboxylic acids is 1. The van der Waals surface area contributed by atoms with Crippen LogP contribution in [0.15, 0.2) is 18.3 Å². The molecule has 1 saturated heterocycles. The predicted molar refractivity (Wildman–Crippen MR) is 63.9 cm³/mol. The summed E-state index contributed by atoms with van der Waals surface area (Å²) in [6, 6.07) is 2.83. The molecule has 1 amide bonds. The molecule has 5 heteroatoms. The van der Waals surface area contributed by atoms with Crippen LogP contribution in [0.4, 0.5) is 0 Å². The number of aromatic nitrogens is 1. The first-order chi connectivity index (χ1) is 8.66. The average molecular weight is 244 g/mol. The van der Waals surface area contributed by atoms with Gasteiger partial charge in [0, 0.05) is 19.2 Å². The van der Waals surface area contributed by atoms with E-state index in [9.17, 15) is 9.59 Å². The van der Waals surface area contributed by atoms with Gasteiger partial charge >= 0.3 is 5.97 Å². The van der Waals surface area contributed by atoms with Crippen LogP contribution in [0.25, 0.3) is 0 Å². The molecule has 0 unspecified atom stereocenters. The van der Waals surface area contributed by atoms with Crippen molar-refractivity contribution in [3.05, 3.63) is 29.6 Å². The first-order valence-corrected chi connectivity index (χ1v) is 5.63. The van der Waals surface area contributed by atoms with E-state index in [0.717, 1.165) is 13.0 Å². The lowest BCUT2D eigenvalue weighted by Crippen LogP contribution is -2.24. The third-order valence-electron chi connectivity index (χ3n) is 2.66. The molecule has 1 aliphatic rings. The zero-order chi connectivity index (χ0) is 13.0. The molecular formula is C13H12N2O3. The van der Waals surface area contributed by atoms with Crippen molar-refractivity contribution in [3.8, 4) is 11.8 Å². The van der Waals surface area contributed by atoms with Gasteiger partial charge in [-0.1, -0.05) is 5.92 Å². The normalized spacial score (nSPS) is 14.2. The molecule has 0 radical (unpaired) electrons.